The van der Waals surface area contributed by atoms with Crippen LogP contribution in [0.25, 0.3) is 0 Å². The number of nitrogens with zero attached hydrogens (tertiary/aromatic N) is 1. The van der Waals surface area contributed by atoms with Gasteiger partial charge in [0.05, 0.1) is 12.5 Å². The summed E-state index contributed by atoms with van der Waals surface area (Å²) in [5.41, 5.74) is 0. The largest absolute Gasteiger partial charge is 0.481 e. The zero-order valence-corrected chi connectivity index (χ0v) is 10.6. The number of likely N-dealkylation sites (tertiary alicyclic amines) is 1. The third kappa shape index (κ3) is 4.29. The van der Waals surface area contributed by atoms with Gasteiger partial charge in [-0.15, -0.1) is 0 Å². The van der Waals surface area contributed by atoms with Gasteiger partial charge < -0.3 is 14.7 Å². The van der Waals surface area contributed by atoms with E-state index in [9.17, 15) is 9.59 Å². The van der Waals surface area contributed by atoms with Crippen LogP contribution in [0.15, 0.2) is 0 Å². The van der Waals surface area contributed by atoms with Crippen LogP contribution in [0.5, 0.6) is 0 Å². The van der Waals surface area contributed by atoms with E-state index >= 15 is 0 Å². The summed E-state index contributed by atoms with van der Waals surface area (Å²) >= 11 is 0. The number of carbonyl (C=O) groups is 2. The number of amides is 1. The number of hydrogen-bond donors (Lipinski definition) is 1. The lowest BCUT2D eigenvalue weighted by Crippen LogP contribution is -2.43. The molecule has 0 aromatic heterocycles. The number of piperidine rings is 1. The highest BCUT2D eigenvalue weighted by Gasteiger charge is 2.27. The SMILES string of the molecule is O=C(O)CCC(=O)N1CCCC(OCC2CC2)C1. The molecule has 0 spiro atoms. The summed E-state index contributed by atoms with van der Waals surface area (Å²) < 4.78 is 5.80. The van der Waals surface area contributed by atoms with Crippen LogP contribution >= 0.6 is 0 Å². The molecule has 2 aliphatic rings. The molecule has 1 N–H and O–H groups in total. The molecule has 0 radical (unpaired) electrons. The van der Waals surface area contributed by atoms with Crippen molar-refractivity contribution in [3.63, 3.8) is 0 Å². The lowest BCUT2D eigenvalue weighted by atomic mass is 10.1. The van der Waals surface area contributed by atoms with Crippen LogP contribution in [0, 0.1) is 5.92 Å². The number of carboxylic acid groups (broad SMARTS) is 1. The molecule has 5 nitrogen and oxygen atoms in total. The van der Waals surface area contributed by atoms with Crippen LogP contribution in [0.1, 0.15) is 38.5 Å². The highest BCUT2D eigenvalue weighted by molar-refractivity contribution is 5.80. The van der Waals surface area contributed by atoms with Gasteiger partial charge in [-0.25, -0.2) is 0 Å². The molecule has 5 heteroatoms. The summed E-state index contributed by atoms with van der Waals surface area (Å²) in [7, 11) is 0. The van der Waals surface area contributed by atoms with Crippen LogP contribution in [-0.4, -0.2) is 47.7 Å². The van der Waals surface area contributed by atoms with Crippen molar-refractivity contribution in [1.29, 1.82) is 0 Å². The van der Waals surface area contributed by atoms with Gasteiger partial charge in [0, 0.05) is 26.1 Å². The fourth-order valence-corrected chi connectivity index (χ4v) is 2.23. The number of carboxylic acids is 1. The molecule has 2 fully saturated rings. The number of rotatable bonds is 6. The molecule has 18 heavy (non-hydrogen) atoms. The molecular weight excluding hydrogens is 234 g/mol. The van der Waals surface area contributed by atoms with Crippen molar-refractivity contribution < 1.29 is 19.4 Å². The number of aliphatic carboxylic acids is 1. The summed E-state index contributed by atoms with van der Waals surface area (Å²) in [5.74, 6) is -0.234. The predicted octanol–water partition coefficient (Wildman–Crippen LogP) is 1.27. The van der Waals surface area contributed by atoms with Gasteiger partial charge in [-0.2, -0.15) is 0 Å². The molecule has 1 unspecified atom stereocenters. The van der Waals surface area contributed by atoms with E-state index in [1.807, 2.05) is 0 Å². The van der Waals surface area contributed by atoms with Crippen molar-refractivity contribution in [2.45, 2.75) is 44.6 Å². The first kappa shape index (κ1) is 13.3. The molecule has 1 atom stereocenters. The van der Waals surface area contributed by atoms with Crippen molar-refractivity contribution in [2.75, 3.05) is 19.7 Å². The summed E-state index contributed by atoms with van der Waals surface area (Å²) in [4.78, 5) is 24.0. The Kier molecular flexibility index (Phi) is 4.58. The molecular formula is C13H21NO4. The third-order valence-corrected chi connectivity index (χ3v) is 3.55. The Morgan fingerprint density at radius 1 is 1.22 bits per heavy atom. The molecule has 0 aromatic rings. The van der Waals surface area contributed by atoms with Gasteiger partial charge in [0.1, 0.15) is 0 Å². The first-order chi connectivity index (χ1) is 8.65. The topological polar surface area (TPSA) is 66.8 Å². The Hall–Kier alpha value is -1.10. The minimum absolute atomic E-state index is 0.0582. The molecule has 1 amide bonds. The molecule has 1 saturated carbocycles. The molecule has 0 bridgehead atoms. The van der Waals surface area contributed by atoms with Crippen LogP contribution in [-0.2, 0) is 14.3 Å². The molecule has 0 aromatic carbocycles. The molecule has 1 heterocycles. The average molecular weight is 255 g/mol. The van der Waals surface area contributed by atoms with Crippen molar-refractivity contribution >= 4 is 11.9 Å². The number of hydrogen-bond acceptors (Lipinski definition) is 3. The van der Waals surface area contributed by atoms with Crippen LogP contribution in [0.3, 0.4) is 0 Å². The molecule has 1 aliphatic heterocycles. The number of ether oxygens (including phenoxy) is 1. The second-order valence-corrected chi connectivity index (χ2v) is 5.27. The quantitative estimate of drug-likeness (QED) is 0.776. The highest BCUT2D eigenvalue weighted by Crippen LogP contribution is 2.30. The molecule has 102 valence electrons. The maximum atomic E-state index is 11.8. The zero-order valence-electron chi connectivity index (χ0n) is 10.6. The summed E-state index contributed by atoms with van der Waals surface area (Å²) in [6.07, 6.45) is 4.67. The van der Waals surface area contributed by atoms with Gasteiger partial charge in [0.2, 0.25) is 5.91 Å². The van der Waals surface area contributed by atoms with Gasteiger partial charge in [-0.1, -0.05) is 0 Å². The number of carbonyl (C=O) groups excluding carboxylic acids is 1. The highest BCUT2D eigenvalue weighted by atomic mass is 16.5. The first-order valence-corrected chi connectivity index (χ1v) is 6.76. The van der Waals surface area contributed by atoms with Gasteiger partial charge in [0.15, 0.2) is 0 Å². The first-order valence-electron chi connectivity index (χ1n) is 6.76. The summed E-state index contributed by atoms with van der Waals surface area (Å²) in [6.45, 7) is 2.19. The van der Waals surface area contributed by atoms with Crippen LogP contribution in [0.2, 0.25) is 0 Å². The Bertz CT molecular complexity index is 314. The van der Waals surface area contributed by atoms with E-state index in [0.29, 0.717) is 6.54 Å². The van der Waals surface area contributed by atoms with E-state index in [4.69, 9.17) is 9.84 Å². The lowest BCUT2D eigenvalue weighted by Gasteiger charge is -2.32. The molecule has 2 rings (SSSR count). The summed E-state index contributed by atoms with van der Waals surface area (Å²) in [5, 5.41) is 8.57. The van der Waals surface area contributed by atoms with Gasteiger partial charge in [-0.05, 0) is 31.6 Å². The Morgan fingerprint density at radius 2 is 2.00 bits per heavy atom. The minimum atomic E-state index is -0.915. The van der Waals surface area contributed by atoms with Crippen molar-refractivity contribution in [1.82, 2.24) is 4.90 Å². The monoisotopic (exact) mass is 255 g/mol. The Morgan fingerprint density at radius 3 is 2.67 bits per heavy atom. The minimum Gasteiger partial charge on any atom is -0.481 e. The average Bonchev–Trinajstić information content (AvgIpc) is 3.18. The van der Waals surface area contributed by atoms with Crippen LogP contribution in [0.4, 0.5) is 0 Å². The maximum Gasteiger partial charge on any atom is 0.303 e. The predicted molar refractivity (Wildman–Crippen MR) is 65.1 cm³/mol. The van der Waals surface area contributed by atoms with Crippen molar-refractivity contribution in [3.8, 4) is 0 Å². The second kappa shape index (κ2) is 6.18. The Labute approximate surface area is 107 Å². The lowest BCUT2D eigenvalue weighted by molar-refractivity contribution is -0.142. The van der Waals surface area contributed by atoms with Gasteiger partial charge in [0.25, 0.3) is 0 Å². The summed E-state index contributed by atoms with van der Waals surface area (Å²) in [6, 6.07) is 0. The van der Waals surface area contributed by atoms with E-state index in [0.717, 1.165) is 31.9 Å². The standard InChI is InChI=1S/C13H21NO4/c15-12(5-6-13(16)17)14-7-1-2-11(8-14)18-9-10-3-4-10/h10-11H,1-9H2,(H,16,17). The maximum absolute atomic E-state index is 11.8. The van der Waals surface area contributed by atoms with E-state index in [1.54, 1.807) is 4.90 Å². The normalized spacial score (nSPS) is 24.0. The fraction of sp³-hybridized carbons (Fsp3) is 0.846. The molecule has 1 saturated heterocycles. The fourth-order valence-electron chi connectivity index (χ4n) is 2.23. The van der Waals surface area contributed by atoms with E-state index in [1.165, 1.54) is 12.8 Å². The smallest absolute Gasteiger partial charge is 0.303 e. The third-order valence-electron chi connectivity index (χ3n) is 3.55. The Balaban J connectivity index is 1.70. The van der Waals surface area contributed by atoms with Gasteiger partial charge in [-0.3, -0.25) is 9.59 Å². The van der Waals surface area contributed by atoms with Crippen molar-refractivity contribution in [3.05, 3.63) is 0 Å². The van der Waals surface area contributed by atoms with Crippen LogP contribution < -0.4 is 0 Å². The molecule has 1 aliphatic carbocycles. The van der Waals surface area contributed by atoms with E-state index in [2.05, 4.69) is 0 Å². The zero-order chi connectivity index (χ0) is 13.0. The van der Waals surface area contributed by atoms with Crippen molar-refractivity contribution in [2.24, 2.45) is 5.92 Å². The van der Waals surface area contributed by atoms with E-state index < -0.39 is 5.97 Å². The second-order valence-electron chi connectivity index (χ2n) is 5.27. The van der Waals surface area contributed by atoms with Gasteiger partial charge >= 0.3 is 5.97 Å². The van der Waals surface area contributed by atoms with E-state index in [-0.39, 0.29) is 24.9 Å².